The minimum atomic E-state index is 0.576. The van der Waals surface area contributed by atoms with E-state index in [0.29, 0.717) is 12.6 Å². The molecule has 0 aliphatic carbocycles. The van der Waals surface area contributed by atoms with E-state index in [1.807, 2.05) is 0 Å². The van der Waals surface area contributed by atoms with E-state index in [1.54, 1.807) is 0 Å². The van der Waals surface area contributed by atoms with Crippen LogP contribution in [0.25, 0.3) is 0 Å². The highest BCUT2D eigenvalue weighted by Crippen LogP contribution is 2.20. The fourth-order valence-electron chi connectivity index (χ4n) is 2.48. The van der Waals surface area contributed by atoms with E-state index >= 15 is 0 Å². The average molecular weight is 230 g/mol. The van der Waals surface area contributed by atoms with Crippen molar-refractivity contribution in [2.75, 3.05) is 13.1 Å². The summed E-state index contributed by atoms with van der Waals surface area (Å²) >= 11 is 0. The first-order valence-corrected chi connectivity index (χ1v) is 6.55. The maximum atomic E-state index is 5.54. The van der Waals surface area contributed by atoms with E-state index < -0.39 is 0 Å². The second kappa shape index (κ2) is 6.58. The molecule has 1 unspecified atom stereocenters. The van der Waals surface area contributed by atoms with E-state index in [2.05, 4.69) is 47.4 Å². The highest BCUT2D eigenvalue weighted by molar-refractivity contribution is 5.15. The molecule has 1 heterocycles. The molecule has 2 rings (SSSR count). The Morgan fingerprint density at radius 3 is 2.82 bits per heavy atom. The summed E-state index contributed by atoms with van der Waals surface area (Å²) in [6.45, 7) is 2.91. The summed E-state index contributed by atoms with van der Waals surface area (Å²) in [6.07, 6.45) is 8.30. The monoisotopic (exact) mass is 230 g/mol. The molecule has 0 aromatic heterocycles. The Kier molecular flexibility index (Phi) is 4.77. The average Bonchev–Trinajstić information content (AvgIpc) is 2.39. The molecule has 2 N–H and O–H groups in total. The smallest absolute Gasteiger partial charge is 0.0282 e. The second-order valence-electron chi connectivity index (χ2n) is 4.68. The molecule has 0 spiro atoms. The highest BCUT2D eigenvalue weighted by Gasteiger charge is 2.19. The Morgan fingerprint density at radius 1 is 1.24 bits per heavy atom. The molecule has 1 aromatic rings. The zero-order valence-electron chi connectivity index (χ0n) is 10.4. The molecule has 0 bridgehead atoms. The van der Waals surface area contributed by atoms with Crippen molar-refractivity contribution in [1.29, 1.82) is 0 Å². The van der Waals surface area contributed by atoms with Gasteiger partial charge in [-0.25, -0.2) is 0 Å². The minimum Gasteiger partial charge on any atom is -0.327 e. The third kappa shape index (κ3) is 3.69. The van der Waals surface area contributed by atoms with Crippen molar-refractivity contribution in [2.24, 2.45) is 5.73 Å². The molecule has 2 nitrogen and oxygen atoms in total. The molecule has 0 amide bonds. The quantitative estimate of drug-likeness (QED) is 0.805. The molecule has 0 radical (unpaired) electrons. The number of hydrogen-bond acceptors (Lipinski definition) is 2. The normalized spacial score (nSPS) is 22.1. The predicted molar refractivity (Wildman–Crippen MR) is 72.7 cm³/mol. The predicted octanol–water partition coefficient (Wildman–Crippen LogP) is 2.56. The lowest BCUT2D eigenvalue weighted by atomic mass is 10.0. The number of hydrogen-bond donors (Lipinski definition) is 1. The largest absolute Gasteiger partial charge is 0.327 e. The fourth-order valence-corrected chi connectivity index (χ4v) is 2.48. The summed E-state index contributed by atoms with van der Waals surface area (Å²) in [6, 6.07) is 11.3. The Hall–Kier alpha value is -1.12. The third-order valence-corrected chi connectivity index (χ3v) is 3.39. The molecule has 1 aliphatic heterocycles. The first-order valence-electron chi connectivity index (χ1n) is 6.55. The molecule has 1 atom stereocenters. The minimum absolute atomic E-state index is 0.576. The van der Waals surface area contributed by atoms with Gasteiger partial charge in [-0.1, -0.05) is 48.9 Å². The molecule has 1 fully saturated rings. The van der Waals surface area contributed by atoms with Crippen molar-refractivity contribution in [3.05, 3.63) is 48.0 Å². The summed E-state index contributed by atoms with van der Waals surface area (Å²) in [5.74, 6) is 0. The fraction of sp³-hybridized carbons (Fsp3) is 0.467. The van der Waals surface area contributed by atoms with Crippen molar-refractivity contribution >= 4 is 0 Å². The maximum Gasteiger partial charge on any atom is 0.0282 e. The van der Waals surface area contributed by atoms with Crippen molar-refractivity contribution in [3.63, 3.8) is 0 Å². The van der Waals surface area contributed by atoms with Gasteiger partial charge < -0.3 is 5.73 Å². The van der Waals surface area contributed by atoms with Gasteiger partial charge in [-0.05, 0) is 24.9 Å². The third-order valence-electron chi connectivity index (χ3n) is 3.39. The zero-order chi connectivity index (χ0) is 11.9. The summed E-state index contributed by atoms with van der Waals surface area (Å²) in [5, 5.41) is 0. The van der Waals surface area contributed by atoms with Crippen LogP contribution in [0.1, 0.15) is 24.8 Å². The van der Waals surface area contributed by atoms with Gasteiger partial charge in [-0.2, -0.15) is 0 Å². The van der Waals surface area contributed by atoms with Gasteiger partial charge in [0, 0.05) is 19.1 Å². The van der Waals surface area contributed by atoms with E-state index in [0.717, 1.165) is 6.54 Å². The van der Waals surface area contributed by atoms with Crippen molar-refractivity contribution in [3.8, 4) is 0 Å². The van der Waals surface area contributed by atoms with Crippen LogP contribution in [-0.4, -0.2) is 24.0 Å². The number of piperidine rings is 1. The van der Waals surface area contributed by atoms with Crippen molar-refractivity contribution < 1.29 is 0 Å². The van der Waals surface area contributed by atoms with Gasteiger partial charge in [-0.3, -0.25) is 4.90 Å². The van der Waals surface area contributed by atoms with E-state index in [9.17, 15) is 0 Å². The first-order chi connectivity index (χ1) is 8.40. The number of benzene rings is 1. The molecule has 92 valence electrons. The van der Waals surface area contributed by atoms with Crippen LogP contribution >= 0.6 is 0 Å². The Labute approximate surface area is 104 Å². The van der Waals surface area contributed by atoms with Gasteiger partial charge in [0.1, 0.15) is 0 Å². The zero-order valence-corrected chi connectivity index (χ0v) is 10.4. The number of rotatable bonds is 4. The molecule has 2 heteroatoms. The van der Waals surface area contributed by atoms with Gasteiger partial charge >= 0.3 is 0 Å². The summed E-state index contributed by atoms with van der Waals surface area (Å²) in [4.78, 5) is 2.56. The molecule has 1 saturated heterocycles. The van der Waals surface area contributed by atoms with Gasteiger partial charge in [0.2, 0.25) is 0 Å². The molecular weight excluding hydrogens is 208 g/mol. The Morgan fingerprint density at radius 2 is 2.06 bits per heavy atom. The lowest BCUT2D eigenvalue weighted by Crippen LogP contribution is -2.37. The molecule has 0 saturated carbocycles. The van der Waals surface area contributed by atoms with Gasteiger partial charge in [-0.15, -0.1) is 0 Å². The van der Waals surface area contributed by atoms with Gasteiger partial charge in [0.25, 0.3) is 0 Å². The van der Waals surface area contributed by atoms with Gasteiger partial charge in [0.05, 0.1) is 0 Å². The maximum absolute atomic E-state index is 5.54. The van der Waals surface area contributed by atoms with Crippen LogP contribution < -0.4 is 5.73 Å². The summed E-state index contributed by atoms with van der Waals surface area (Å²) in [7, 11) is 0. The Bertz CT molecular complexity index is 345. The molecule has 1 aromatic carbocycles. The summed E-state index contributed by atoms with van der Waals surface area (Å²) < 4.78 is 0. The topological polar surface area (TPSA) is 29.3 Å². The van der Waals surface area contributed by atoms with Crippen LogP contribution in [0.2, 0.25) is 0 Å². The van der Waals surface area contributed by atoms with E-state index in [-0.39, 0.29) is 0 Å². The lowest BCUT2D eigenvalue weighted by Gasteiger charge is -2.34. The number of likely N-dealkylation sites (tertiary alicyclic amines) is 1. The van der Waals surface area contributed by atoms with Crippen molar-refractivity contribution in [1.82, 2.24) is 4.90 Å². The van der Waals surface area contributed by atoms with Crippen LogP contribution in [-0.2, 0) is 6.54 Å². The summed E-state index contributed by atoms with van der Waals surface area (Å²) in [5.41, 5.74) is 6.94. The number of nitrogens with two attached hydrogens (primary N) is 1. The second-order valence-corrected chi connectivity index (χ2v) is 4.68. The van der Waals surface area contributed by atoms with E-state index in [4.69, 9.17) is 5.73 Å². The van der Waals surface area contributed by atoms with Crippen LogP contribution in [0.15, 0.2) is 42.5 Å². The van der Waals surface area contributed by atoms with Crippen LogP contribution in [0.3, 0.4) is 0 Å². The van der Waals surface area contributed by atoms with Crippen molar-refractivity contribution in [2.45, 2.75) is 31.8 Å². The number of nitrogens with zero attached hydrogens (tertiary/aromatic N) is 1. The van der Waals surface area contributed by atoms with E-state index in [1.165, 1.54) is 31.4 Å². The van der Waals surface area contributed by atoms with Crippen LogP contribution in [0, 0.1) is 0 Å². The van der Waals surface area contributed by atoms with Crippen LogP contribution in [0.4, 0.5) is 0 Å². The molecule has 17 heavy (non-hydrogen) atoms. The lowest BCUT2D eigenvalue weighted by molar-refractivity contribution is 0.171. The molecular formula is C15H22N2. The first kappa shape index (κ1) is 12.3. The van der Waals surface area contributed by atoms with Gasteiger partial charge in [0.15, 0.2) is 0 Å². The molecule has 1 aliphatic rings. The standard InChI is InChI=1S/C15H22N2/c16-11-6-10-15-9-4-5-12-17(15)13-14-7-2-1-3-8-14/h1-3,6-8,10,15H,4-5,9,11-13,16H2/b10-6+. The Balaban J connectivity index is 1.99. The SMILES string of the molecule is NC/C=C/C1CCCCN1Cc1ccccc1. The van der Waals surface area contributed by atoms with Crippen LogP contribution in [0.5, 0.6) is 0 Å². The highest BCUT2D eigenvalue weighted by atomic mass is 15.2.